The molecule has 0 bridgehead atoms. The fraction of sp³-hybridized carbons (Fsp3) is 0.417. The van der Waals surface area contributed by atoms with Gasteiger partial charge in [-0.2, -0.15) is 13.2 Å². The number of hydrogen-bond acceptors (Lipinski definition) is 3. The topological polar surface area (TPSA) is 63.2 Å². The summed E-state index contributed by atoms with van der Waals surface area (Å²) in [6.07, 6.45) is -5.02. The maximum absolute atomic E-state index is 11.9. The van der Waals surface area contributed by atoms with Crippen LogP contribution >= 0.6 is 0 Å². The molecule has 0 fully saturated rings. The van der Waals surface area contributed by atoms with Crippen molar-refractivity contribution in [1.29, 1.82) is 0 Å². The van der Waals surface area contributed by atoms with Gasteiger partial charge in [-0.3, -0.25) is 4.79 Å². The number of carbonyl (C=O) groups is 1. The lowest BCUT2D eigenvalue weighted by atomic mass is 10.2. The average Bonchev–Trinajstić information content (AvgIpc) is 2.34. The van der Waals surface area contributed by atoms with Crippen LogP contribution in [0.15, 0.2) is 29.2 Å². The molecule has 0 spiro atoms. The molecule has 0 aliphatic carbocycles. The summed E-state index contributed by atoms with van der Waals surface area (Å²) in [6.45, 7) is 0.331. The Balaban J connectivity index is 2.56. The number of halogens is 3. The summed E-state index contributed by atoms with van der Waals surface area (Å²) in [4.78, 5) is 11.2. The fourth-order valence-corrected chi connectivity index (χ4v) is 2.62. The molecule has 0 radical (unpaired) electrons. The molecular weight excluding hydrogens is 295 g/mol. The predicted molar refractivity (Wildman–Crippen MR) is 66.9 cm³/mol. The van der Waals surface area contributed by atoms with Gasteiger partial charge in [0.15, 0.2) is 9.84 Å². The lowest BCUT2D eigenvalue weighted by Gasteiger charge is -2.08. The van der Waals surface area contributed by atoms with E-state index in [1.807, 2.05) is 0 Å². The van der Waals surface area contributed by atoms with E-state index in [-0.39, 0.29) is 4.90 Å². The molecule has 1 aromatic rings. The Bertz CT molecular complexity index is 565. The van der Waals surface area contributed by atoms with E-state index in [0.29, 0.717) is 0 Å². The second-order valence-corrected chi connectivity index (χ2v) is 6.38. The van der Waals surface area contributed by atoms with Crippen LogP contribution in [0.1, 0.15) is 12.0 Å². The minimum atomic E-state index is -4.51. The number of amides is 1. The highest BCUT2D eigenvalue weighted by Gasteiger charge is 2.28. The first-order valence-electron chi connectivity index (χ1n) is 5.73. The Labute approximate surface area is 114 Å². The third kappa shape index (κ3) is 5.60. The van der Waals surface area contributed by atoms with Gasteiger partial charge in [-0.15, -0.1) is 0 Å². The molecule has 1 rings (SSSR count). The number of benzene rings is 1. The first-order valence-corrected chi connectivity index (χ1v) is 7.38. The summed E-state index contributed by atoms with van der Waals surface area (Å²) >= 11 is 0. The van der Waals surface area contributed by atoms with Crippen LogP contribution in [-0.2, 0) is 14.6 Å². The van der Waals surface area contributed by atoms with E-state index in [4.69, 9.17) is 0 Å². The van der Waals surface area contributed by atoms with Gasteiger partial charge in [0.2, 0.25) is 5.91 Å². The van der Waals surface area contributed by atoms with Crippen molar-refractivity contribution in [3.05, 3.63) is 29.8 Å². The highest BCUT2D eigenvalue weighted by atomic mass is 32.2. The van der Waals surface area contributed by atoms with Gasteiger partial charge >= 0.3 is 6.18 Å². The molecule has 0 aromatic heterocycles. The summed E-state index contributed by atoms with van der Waals surface area (Å²) in [7, 11) is -3.67. The lowest BCUT2D eigenvalue weighted by Crippen LogP contribution is -2.34. The zero-order valence-corrected chi connectivity index (χ0v) is 11.5. The monoisotopic (exact) mass is 309 g/mol. The summed E-state index contributed by atoms with van der Waals surface area (Å²) in [5.74, 6) is -1.47. The fourth-order valence-electron chi connectivity index (χ4n) is 1.38. The third-order valence-corrected chi connectivity index (χ3v) is 4.20. The van der Waals surface area contributed by atoms with E-state index < -0.39 is 40.6 Å². The second-order valence-electron chi connectivity index (χ2n) is 4.27. The Morgan fingerprint density at radius 2 is 1.75 bits per heavy atom. The molecule has 8 heteroatoms. The normalized spacial score (nSPS) is 12.2. The summed E-state index contributed by atoms with van der Waals surface area (Å²) in [6, 6.07) is 6.02. The largest absolute Gasteiger partial charge is 0.405 e. The molecule has 0 aliphatic heterocycles. The smallest absolute Gasteiger partial charge is 0.347 e. The van der Waals surface area contributed by atoms with Gasteiger partial charge in [0.1, 0.15) is 6.54 Å². The quantitative estimate of drug-likeness (QED) is 0.902. The van der Waals surface area contributed by atoms with Gasteiger partial charge < -0.3 is 5.32 Å². The van der Waals surface area contributed by atoms with Crippen molar-refractivity contribution in [3.8, 4) is 0 Å². The van der Waals surface area contributed by atoms with Crippen molar-refractivity contribution in [1.82, 2.24) is 5.32 Å². The summed E-state index contributed by atoms with van der Waals surface area (Å²) in [5, 5.41) is 1.63. The minimum absolute atomic E-state index is 0.0479. The van der Waals surface area contributed by atoms with Crippen molar-refractivity contribution in [2.45, 2.75) is 24.4 Å². The average molecular weight is 309 g/mol. The van der Waals surface area contributed by atoms with Gasteiger partial charge in [0, 0.05) is 6.42 Å². The molecular formula is C12H14F3NO3S. The molecule has 0 atom stereocenters. The van der Waals surface area contributed by atoms with Crippen molar-refractivity contribution in [2.75, 3.05) is 12.3 Å². The summed E-state index contributed by atoms with van der Waals surface area (Å²) in [5.41, 5.74) is 0.881. The lowest BCUT2D eigenvalue weighted by molar-refractivity contribution is -0.138. The number of hydrogen-bond donors (Lipinski definition) is 1. The standard InChI is InChI=1S/C12H14F3NO3S/c1-9-2-4-10(5-3-9)20(18,19)7-6-11(17)16-8-12(13,14)15/h2-5H,6-8H2,1H3,(H,16,17). The van der Waals surface area contributed by atoms with Crippen LogP contribution in [-0.4, -0.2) is 32.8 Å². The van der Waals surface area contributed by atoms with Crippen LogP contribution in [0.4, 0.5) is 13.2 Å². The van der Waals surface area contributed by atoms with Crippen LogP contribution in [0.2, 0.25) is 0 Å². The highest BCUT2D eigenvalue weighted by molar-refractivity contribution is 7.91. The number of nitrogens with one attached hydrogen (secondary N) is 1. The molecule has 0 saturated heterocycles. The van der Waals surface area contributed by atoms with Gasteiger partial charge in [0.25, 0.3) is 0 Å². The highest BCUT2D eigenvalue weighted by Crippen LogP contribution is 2.14. The first kappa shape index (κ1) is 16.5. The minimum Gasteiger partial charge on any atom is -0.347 e. The molecule has 1 aromatic carbocycles. The van der Waals surface area contributed by atoms with Crippen LogP contribution in [0, 0.1) is 6.92 Å². The van der Waals surface area contributed by atoms with Gasteiger partial charge in [-0.25, -0.2) is 8.42 Å². The maximum Gasteiger partial charge on any atom is 0.405 e. The summed E-state index contributed by atoms with van der Waals surface area (Å²) < 4.78 is 59.3. The van der Waals surface area contributed by atoms with Crippen molar-refractivity contribution < 1.29 is 26.4 Å². The van der Waals surface area contributed by atoms with Crippen molar-refractivity contribution in [3.63, 3.8) is 0 Å². The van der Waals surface area contributed by atoms with Crippen molar-refractivity contribution in [2.24, 2.45) is 0 Å². The number of rotatable bonds is 5. The molecule has 1 amide bonds. The van der Waals surface area contributed by atoms with Crippen LogP contribution in [0.5, 0.6) is 0 Å². The second kappa shape index (κ2) is 6.25. The van der Waals surface area contributed by atoms with Gasteiger partial charge in [-0.1, -0.05) is 17.7 Å². The van der Waals surface area contributed by atoms with E-state index in [1.165, 1.54) is 12.1 Å². The first-order chi connectivity index (χ1) is 9.10. The number of alkyl halides is 3. The molecule has 0 unspecified atom stereocenters. The molecule has 0 aliphatic rings. The Kier molecular flexibility index (Phi) is 5.15. The zero-order valence-electron chi connectivity index (χ0n) is 10.7. The maximum atomic E-state index is 11.9. The Hall–Kier alpha value is -1.57. The molecule has 1 N–H and O–H groups in total. The number of carbonyl (C=O) groups excluding carboxylic acids is 1. The number of sulfone groups is 1. The van der Waals surface area contributed by atoms with E-state index >= 15 is 0 Å². The molecule has 20 heavy (non-hydrogen) atoms. The number of aryl methyl sites for hydroxylation is 1. The van der Waals surface area contributed by atoms with E-state index in [0.717, 1.165) is 5.56 Å². The van der Waals surface area contributed by atoms with Crippen LogP contribution in [0.3, 0.4) is 0 Å². The SMILES string of the molecule is Cc1ccc(S(=O)(=O)CCC(=O)NCC(F)(F)F)cc1. The Morgan fingerprint density at radius 1 is 1.20 bits per heavy atom. The van der Waals surface area contributed by atoms with E-state index in [1.54, 1.807) is 24.4 Å². The van der Waals surface area contributed by atoms with Gasteiger partial charge in [0.05, 0.1) is 10.6 Å². The van der Waals surface area contributed by atoms with Crippen LogP contribution in [0.25, 0.3) is 0 Å². The van der Waals surface area contributed by atoms with Crippen LogP contribution < -0.4 is 5.32 Å². The predicted octanol–water partition coefficient (Wildman–Crippen LogP) is 1.84. The molecule has 0 heterocycles. The zero-order chi connectivity index (χ0) is 15.4. The molecule has 112 valence electrons. The van der Waals surface area contributed by atoms with E-state index in [9.17, 15) is 26.4 Å². The molecule has 4 nitrogen and oxygen atoms in total. The Morgan fingerprint density at radius 3 is 2.25 bits per heavy atom. The third-order valence-electron chi connectivity index (χ3n) is 2.46. The van der Waals surface area contributed by atoms with Crippen molar-refractivity contribution >= 4 is 15.7 Å². The molecule has 0 saturated carbocycles. The van der Waals surface area contributed by atoms with Gasteiger partial charge in [-0.05, 0) is 19.1 Å². The van der Waals surface area contributed by atoms with E-state index in [2.05, 4.69) is 0 Å².